The summed E-state index contributed by atoms with van der Waals surface area (Å²) in [7, 11) is 0. The van der Waals surface area contributed by atoms with Gasteiger partial charge in [0.15, 0.2) is 0 Å². The molecular formula is C17H27NO3. The molecule has 2 unspecified atom stereocenters. The minimum Gasteiger partial charge on any atom is -0.481 e. The van der Waals surface area contributed by atoms with Crippen LogP contribution in [-0.2, 0) is 11.3 Å². The standard InChI is InChI=1S/C17H27NO3/c1-3-4-14(9-10-19)11-18-12-15-5-7-16(8-6-15)13(2)17(20)21/h5-8,13-14,18-19H,3-4,9-12H2,1-2H3,(H,20,21). The highest BCUT2D eigenvalue weighted by atomic mass is 16.4. The monoisotopic (exact) mass is 293 g/mol. The Morgan fingerprint density at radius 1 is 1.24 bits per heavy atom. The van der Waals surface area contributed by atoms with Crippen molar-refractivity contribution < 1.29 is 15.0 Å². The number of hydrogen-bond acceptors (Lipinski definition) is 3. The summed E-state index contributed by atoms with van der Waals surface area (Å²) in [5.41, 5.74) is 1.98. The quantitative estimate of drug-likeness (QED) is 0.620. The molecule has 1 aromatic rings. The zero-order valence-electron chi connectivity index (χ0n) is 13.0. The third-order valence-corrected chi connectivity index (χ3v) is 3.85. The highest BCUT2D eigenvalue weighted by Gasteiger charge is 2.13. The highest BCUT2D eigenvalue weighted by Crippen LogP contribution is 2.16. The summed E-state index contributed by atoms with van der Waals surface area (Å²) >= 11 is 0. The van der Waals surface area contributed by atoms with E-state index in [1.165, 1.54) is 0 Å². The normalized spacial score (nSPS) is 13.9. The fourth-order valence-electron chi connectivity index (χ4n) is 2.43. The van der Waals surface area contributed by atoms with E-state index in [9.17, 15) is 4.79 Å². The van der Waals surface area contributed by atoms with Gasteiger partial charge in [-0.15, -0.1) is 0 Å². The molecule has 0 heterocycles. The van der Waals surface area contributed by atoms with Gasteiger partial charge in [-0.2, -0.15) is 0 Å². The lowest BCUT2D eigenvalue weighted by atomic mass is 9.99. The van der Waals surface area contributed by atoms with Crippen molar-refractivity contribution in [2.24, 2.45) is 5.92 Å². The van der Waals surface area contributed by atoms with Crippen molar-refractivity contribution in [2.75, 3.05) is 13.2 Å². The van der Waals surface area contributed by atoms with E-state index in [0.29, 0.717) is 5.92 Å². The van der Waals surface area contributed by atoms with Crippen LogP contribution in [0.4, 0.5) is 0 Å². The average molecular weight is 293 g/mol. The van der Waals surface area contributed by atoms with Gasteiger partial charge in [-0.1, -0.05) is 37.6 Å². The van der Waals surface area contributed by atoms with Crippen molar-refractivity contribution in [3.63, 3.8) is 0 Å². The molecular weight excluding hydrogens is 266 g/mol. The molecule has 0 amide bonds. The van der Waals surface area contributed by atoms with E-state index in [2.05, 4.69) is 12.2 Å². The van der Waals surface area contributed by atoms with Gasteiger partial charge in [-0.25, -0.2) is 0 Å². The molecule has 0 fully saturated rings. The Kier molecular flexibility index (Phi) is 8.01. The van der Waals surface area contributed by atoms with Crippen molar-refractivity contribution in [2.45, 2.75) is 45.6 Å². The minimum atomic E-state index is -0.799. The van der Waals surface area contributed by atoms with Crippen molar-refractivity contribution in [1.29, 1.82) is 0 Å². The average Bonchev–Trinajstić information content (AvgIpc) is 2.47. The van der Waals surface area contributed by atoms with Gasteiger partial charge >= 0.3 is 5.97 Å². The largest absolute Gasteiger partial charge is 0.481 e. The summed E-state index contributed by atoms with van der Waals surface area (Å²) in [5, 5.41) is 21.4. The maximum atomic E-state index is 10.9. The second kappa shape index (κ2) is 9.53. The molecule has 0 aliphatic rings. The molecule has 4 heteroatoms. The first-order valence-electron chi connectivity index (χ1n) is 7.71. The van der Waals surface area contributed by atoms with Crippen LogP contribution < -0.4 is 5.32 Å². The number of benzene rings is 1. The molecule has 0 aliphatic heterocycles. The van der Waals surface area contributed by atoms with Crippen LogP contribution in [0.5, 0.6) is 0 Å². The summed E-state index contributed by atoms with van der Waals surface area (Å²) in [6.07, 6.45) is 3.10. The number of nitrogens with one attached hydrogen (secondary N) is 1. The van der Waals surface area contributed by atoms with E-state index in [1.807, 2.05) is 24.3 Å². The Morgan fingerprint density at radius 3 is 2.43 bits per heavy atom. The molecule has 4 nitrogen and oxygen atoms in total. The van der Waals surface area contributed by atoms with Gasteiger partial charge in [0.1, 0.15) is 0 Å². The fraction of sp³-hybridized carbons (Fsp3) is 0.588. The molecule has 1 aromatic carbocycles. The number of aliphatic hydroxyl groups is 1. The first kappa shape index (κ1) is 17.7. The lowest BCUT2D eigenvalue weighted by molar-refractivity contribution is -0.138. The predicted molar refractivity (Wildman–Crippen MR) is 84.3 cm³/mol. The zero-order valence-corrected chi connectivity index (χ0v) is 13.0. The summed E-state index contributed by atoms with van der Waals surface area (Å²) in [5.74, 6) is -0.746. The Morgan fingerprint density at radius 2 is 1.90 bits per heavy atom. The van der Waals surface area contributed by atoms with Gasteiger partial charge in [0, 0.05) is 13.2 Å². The Hall–Kier alpha value is -1.39. The number of carboxylic acid groups (broad SMARTS) is 1. The van der Waals surface area contributed by atoms with Gasteiger partial charge < -0.3 is 15.5 Å². The maximum Gasteiger partial charge on any atom is 0.310 e. The van der Waals surface area contributed by atoms with Gasteiger partial charge in [0.25, 0.3) is 0 Å². The summed E-state index contributed by atoms with van der Waals surface area (Å²) in [4.78, 5) is 10.9. The Bertz CT molecular complexity index is 411. The van der Waals surface area contributed by atoms with E-state index in [-0.39, 0.29) is 6.61 Å². The van der Waals surface area contributed by atoms with Crippen LogP contribution in [0, 0.1) is 5.92 Å². The van der Waals surface area contributed by atoms with Crippen LogP contribution in [0.3, 0.4) is 0 Å². The summed E-state index contributed by atoms with van der Waals surface area (Å²) in [6.45, 7) is 5.77. The van der Waals surface area contributed by atoms with E-state index in [4.69, 9.17) is 10.2 Å². The number of carbonyl (C=O) groups is 1. The summed E-state index contributed by atoms with van der Waals surface area (Å²) in [6, 6.07) is 7.71. The maximum absolute atomic E-state index is 10.9. The molecule has 0 spiro atoms. The van der Waals surface area contributed by atoms with Gasteiger partial charge in [0.2, 0.25) is 0 Å². The number of carboxylic acids is 1. The number of hydrogen-bond donors (Lipinski definition) is 3. The molecule has 0 saturated carbocycles. The van der Waals surface area contributed by atoms with E-state index in [1.54, 1.807) is 6.92 Å². The molecule has 0 aromatic heterocycles. The number of aliphatic carboxylic acids is 1. The van der Waals surface area contributed by atoms with Crippen LogP contribution in [0.2, 0.25) is 0 Å². The lowest BCUT2D eigenvalue weighted by Crippen LogP contribution is -2.23. The van der Waals surface area contributed by atoms with Crippen LogP contribution >= 0.6 is 0 Å². The molecule has 21 heavy (non-hydrogen) atoms. The molecule has 0 bridgehead atoms. The number of aliphatic hydroxyl groups excluding tert-OH is 1. The first-order valence-corrected chi connectivity index (χ1v) is 7.71. The lowest BCUT2D eigenvalue weighted by Gasteiger charge is -2.16. The molecule has 0 radical (unpaired) electrons. The number of rotatable bonds is 10. The zero-order chi connectivity index (χ0) is 15.7. The van der Waals surface area contributed by atoms with E-state index < -0.39 is 11.9 Å². The smallest absolute Gasteiger partial charge is 0.310 e. The van der Waals surface area contributed by atoms with E-state index >= 15 is 0 Å². The van der Waals surface area contributed by atoms with Crippen LogP contribution in [0.15, 0.2) is 24.3 Å². The fourth-order valence-corrected chi connectivity index (χ4v) is 2.43. The van der Waals surface area contributed by atoms with Gasteiger partial charge in [0.05, 0.1) is 5.92 Å². The Balaban J connectivity index is 2.43. The predicted octanol–water partition coefficient (Wildman–Crippen LogP) is 2.76. The minimum absolute atomic E-state index is 0.244. The van der Waals surface area contributed by atoms with E-state index in [0.717, 1.165) is 43.5 Å². The van der Waals surface area contributed by atoms with Crippen LogP contribution in [0.25, 0.3) is 0 Å². The topological polar surface area (TPSA) is 69.6 Å². The van der Waals surface area contributed by atoms with Crippen molar-refractivity contribution in [1.82, 2.24) is 5.32 Å². The SMILES string of the molecule is CCCC(CCO)CNCc1ccc(C(C)C(=O)O)cc1. The van der Waals surface area contributed by atoms with Crippen LogP contribution in [0.1, 0.15) is 50.2 Å². The van der Waals surface area contributed by atoms with Crippen molar-refractivity contribution >= 4 is 5.97 Å². The second-order valence-corrected chi connectivity index (χ2v) is 5.60. The third kappa shape index (κ3) is 6.27. The van der Waals surface area contributed by atoms with Gasteiger partial charge in [-0.05, 0) is 43.4 Å². The molecule has 3 N–H and O–H groups in total. The molecule has 118 valence electrons. The first-order chi connectivity index (χ1) is 10.1. The molecule has 2 atom stereocenters. The second-order valence-electron chi connectivity index (χ2n) is 5.60. The van der Waals surface area contributed by atoms with Gasteiger partial charge in [-0.3, -0.25) is 4.79 Å². The van der Waals surface area contributed by atoms with Crippen LogP contribution in [-0.4, -0.2) is 29.3 Å². The highest BCUT2D eigenvalue weighted by molar-refractivity contribution is 5.75. The third-order valence-electron chi connectivity index (χ3n) is 3.85. The van der Waals surface area contributed by atoms with Crippen molar-refractivity contribution in [3.05, 3.63) is 35.4 Å². The Labute approximate surface area is 127 Å². The molecule has 0 aliphatic carbocycles. The van der Waals surface area contributed by atoms with Crippen molar-refractivity contribution in [3.8, 4) is 0 Å². The summed E-state index contributed by atoms with van der Waals surface area (Å²) < 4.78 is 0. The molecule has 1 rings (SSSR count). The molecule has 0 saturated heterocycles.